The molecule has 1 aromatic carbocycles. The number of esters is 1. The summed E-state index contributed by atoms with van der Waals surface area (Å²) >= 11 is 12.9. The van der Waals surface area contributed by atoms with E-state index in [2.05, 4.69) is 47.6 Å². The first-order valence-corrected chi connectivity index (χ1v) is 17.4. The van der Waals surface area contributed by atoms with Crippen LogP contribution in [0.5, 0.6) is 0 Å². The second-order valence-electron chi connectivity index (χ2n) is 16.9. The van der Waals surface area contributed by atoms with Gasteiger partial charge < -0.3 is 14.9 Å². The van der Waals surface area contributed by atoms with E-state index in [-0.39, 0.29) is 46.8 Å². The fourth-order valence-electron chi connectivity index (χ4n) is 11.6. The van der Waals surface area contributed by atoms with Gasteiger partial charge in [0.1, 0.15) is 6.61 Å². The molecule has 0 unspecified atom stereocenters. The lowest BCUT2D eigenvalue weighted by molar-refractivity contribution is -0.217. The molecule has 0 radical (unpaired) electrons. The number of hydrogen-bond acceptors (Lipinski definition) is 4. The Morgan fingerprint density at radius 1 is 0.930 bits per heavy atom. The Balaban J connectivity index is 1.36. The number of carbonyl (C=O) groups is 1. The first kappa shape index (κ1) is 31.9. The lowest BCUT2D eigenvalue weighted by atomic mass is 9.33. The van der Waals surface area contributed by atoms with Crippen LogP contribution in [0, 0.1) is 50.2 Å². The maximum atomic E-state index is 14.3. The van der Waals surface area contributed by atoms with E-state index in [0.717, 1.165) is 64.2 Å². The van der Waals surface area contributed by atoms with E-state index in [0.29, 0.717) is 27.4 Å². The van der Waals surface area contributed by atoms with Gasteiger partial charge >= 0.3 is 5.97 Å². The Morgan fingerprint density at radius 3 is 2.28 bits per heavy atom. The van der Waals surface area contributed by atoms with Crippen LogP contribution in [0.4, 0.5) is 0 Å². The minimum atomic E-state index is -0.524. The third-order valence-electron chi connectivity index (χ3n) is 14.6. The molecule has 6 rings (SSSR count). The first-order chi connectivity index (χ1) is 20.1. The van der Waals surface area contributed by atoms with Gasteiger partial charge in [0.25, 0.3) is 0 Å². The van der Waals surface area contributed by atoms with Gasteiger partial charge in [0.05, 0.1) is 18.1 Å². The highest BCUT2D eigenvalue weighted by molar-refractivity contribution is 6.35. The summed E-state index contributed by atoms with van der Waals surface area (Å²) in [5, 5.41) is 22.7. The Kier molecular flexibility index (Phi) is 7.77. The van der Waals surface area contributed by atoms with Gasteiger partial charge in [-0.05, 0) is 116 Å². The van der Waals surface area contributed by atoms with Gasteiger partial charge in [-0.25, -0.2) is 0 Å². The molecule has 4 nitrogen and oxygen atoms in total. The van der Waals surface area contributed by atoms with Gasteiger partial charge in [-0.15, -0.1) is 0 Å². The van der Waals surface area contributed by atoms with Crippen molar-refractivity contribution in [2.75, 3.05) is 6.61 Å². The minimum absolute atomic E-state index is 0.0104. The van der Waals surface area contributed by atoms with E-state index in [1.165, 1.54) is 5.57 Å². The number of fused-ring (bicyclic) bond motifs is 7. The molecule has 4 fully saturated rings. The Morgan fingerprint density at radius 2 is 1.60 bits per heavy atom. The smallest absolute Gasteiger partial charge is 0.313 e. The average Bonchev–Trinajstić information content (AvgIpc) is 2.95. The Bertz CT molecular complexity index is 1300. The van der Waals surface area contributed by atoms with Crippen molar-refractivity contribution < 1.29 is 19.7 Å². The first-order valence-electron chi connectivity index (χ1n) is 16.7. The van der Waals surface area contributed by atoms with Gasteiger partial charge in [-0.1, -0.05) is 82.5 Å². The number of aliphatic hydroxyl groups is 2. The second kappa shape index (κ2) is 10.5. The van der Waals surface area contributed by atoms with Crippen molar-refractivity contribution in [1.82, 2.24) is 0 Å². The highest BCUT2D eigenvalue weighted by Gasteiger charge is 2.69. The molecule has 0 heterocycles. The summed E-state index contributed by atoms with van der Waals surface area (Å²) in [4.78, 5) is 14.3. The summed E-state index contributed by atoms with van der Waals surface area (Å²) in [5.74, 6) is 0.843. The molecule has 0 spiro atoms. The normalized spacial score (nSPS) is 45.1. The lowest BCUT2D eigenvalue weighted by Gasteiger charge is -2.71. The van der Waals surface area contributed by atoms with Crippen LogP contribution in [0.2, 0.25) is 10.0 Å². The summed E-state index contributed by atoms with van der Waals surface area (Å²) < 4.78 is 6.15. The zero-order chi connectivity index (χ0) is 31.2. The van der Waals surface area contributed by atoms with Gasteiger partial charge in [-0.3, -0.25) is 4.79 Å². The van der Waals surface area contributed by atoms with Crippen LogP contribution in [-0.2, 0) is 16.1 Å². The molecule has 0 aliphatic heterocycles. The standard InChI is InChI=1S/C37H52Cl2O4/c1-32(2)16-18-37(31(42)43-21-23-26(38)8-7-9-27(23)39)19-17-35(5)24(25(37)20-32)10-11-29-33(3)14-13-30(41)34(4,22-40)28(33)12-15-36(29,35)6/h7-10,25,28-30,40-41H,11-22H2,1-6H3/t25-,28+,29+,30-,33-,34-,35+,36+,37-/m0/s1. The number of aliphatic hydroxyl groups excluding tert-OH is 2. The number of rotatable bonds is 4. The molecule has 0 amide bonds. The molecular formula is C37H52Cl2O4. The maximum absolute atomic E-state index is 14.3. The van der Waals surface area contributed by atoms with Crippen molar-refractivity contribution in [2.24, 2.45) is 50.2 Å². The predicted octanol–water partition coefficient (Wildman–Crippen LogP) is 9.17. The minimum Gasteiger partial charge on any atom is -0.460 e. The average molecular weight is 632 g/mol. The molecule has 0 bridgehead atoms. The fourth-order valence-corrected chi connectivity index (χ4v) is 12.1. The number of allylic oxidation sites excluding steroid dienone is 2. The summed E-state index contributed by atoms with van der Waals surface area (Å²) in [6.07, 6.45) is 11.7. The molecule has 5 aliphatic carbocycles. The summed E-state index contributed by atoms with van der Waals surface area (Å²) in [6.45, 7) is 14.5. The number of hydrogen-bond donors (Lipinski definition) is 2. The van der Waals surface area contributed by atoms with E-state index in [9.17, 15) is 15.0 Å². The quantitative estimate of drug-likeness (QED) is 0.257. The van der Waals surface area contributed by atoms with Crippen LogP contribution >= 0.6 is 23.2 Å². The summed E-state index contributed by atoms with van der Waals surface area (Å²) in [7, 11) is 0. The van der Waals surface area contributed by atoms with E-state index in [4.69, 9.17) is 27.9 Å². The van der Waals surface area contributed by atoms with Crippen molar-refractivity contribution in [1.29, 1.82) is 0 Å². The molecule has 238 valence electrons. The van der Waals surface area contributed by atoms with E-state index >= 15 is 0 Å². The fraction of sp³-hybridized carbons (Fsp3) is 0.757. The number of benzene rings is 1. The monoisotopic (exact) mass is 630 g/mol. The topological polar surface area (TPSA) is 66.8 Å². The van der Waals surface area contributed by atoms with Gasteiger partial charge in [0.15, 0.2) is 0 Å². The van der Waals surface area contributed by atoms with E-state index in [1.807, 2.05) is 6.07 Å². The van der Waals surface area contributed by atoms with Crippen LogP contribution in [0.25, 0.3) is 0 Å². The largest absolute Gasteiger partial charge is 0.460 e. The van der Waals surface area contributed by atoms with Crippen molar-refractivity contribution in [3.05, 3.63) is 45.5 Å². The Labute approximate surface area is 268 Å². The van der Waals surface area contributed by atoms with Crippen molar-refractivity contribution in [3.63, 3.8) is 0 Å². The molecule has 2 N–H and O–H groups in total. The predicted molar refractivity (Wildman–Crippen MR) is 173 cm³/mol. The summed E-state index contributed by atoms with van der Waals surface area (Å²) in [5.41, 5.74) is 1.49. The van der Waals surface area contributed by atoms with Crippen molar-refractivity contribution >= 4 is 29.2 Å². The molecule has 0 aromatic heterocycles. The molecule has 0 saturated heterocycles. The van der Waals surface area contributed by atoms with Gasteiger partial charge in [0, 0.05) is 21.0 Å². The van der Waals surface area contributed by atoms with Crippen LogP contribution in [0.1, 0.15) is 111 Å². The van der Waals surface area contributed by atoms with Crippen LogP contribution in [0.3, 0.4) is 0 Å². The number of carbonyl (C=O) groups excluding carboxylic acids is 1. The third kappa shape index (κ3) is 4.46. The van der Waals surface area contributed by atoms with E-state index < -0.39 is 16.9 Å². The zero-order valence-electron chi connectivity index (χ0n) is 27.1. The molecule has 1 aromatic rings. The van der Waals surface area contributed by atoms with Gasteiger partial charge in [0.2, 0.25) is 0 Å². The number of ether oxygens (including phenoxy) is 1. The van der Waals surface area contributed by atoms with Crippen molar-refractivity contribution in [3.8, 4) is 0 Å². The maximum Gasteiger partial charge on any atom is 0.313 e. The molecular weight excluding hydrogens is 579 g/mol. The molecule has 5 aliphatic rings. The number of halogens is 2. The highest BCUT2D eigenvalue weighted by atomic mass is 35.5. The van der Waals surface area contributed by atoms with Crippen LogP contribution < -0.4 is 0 Å². The molecule has 43 heavy (non-hydrogen) atoms. The third-order valence-corrected chi connectivity index (χ3v) is 15.3. The van der Waals surface area contributed by atoms with Crippen molar-refractivity contribution in [2.45, 2.75) is 118 Å². The highest BCUT2D eigenvalue weighted by Crippen LogP contribution is 2.75. The van der Waals surface area contributed by atoms with Gasteiger partial charge in [-0.2, -0.15) is 0 Å². The van der Waals surface area contributed by atoms with Crippen LogP contribution in [0.15, 0.2) is 29.8 Å². The van der Waals surface area contributed by atoms with E-state index in [1.54, 1.807) is 12.1 Å². The Hall–Kier alpha value is -1.07. The van der Waals surface area contributed by atoms with Crippen LogP contribution in [-0.4, -0.2) is 28.9 Å². The zero-order valence-corrected chi connectivity index (χ0v) is 28.6. The lowest BCUT2D eigenvalue weighted by Crippen LogP contribution is -2.66. The molecule has 6 heteroatoms. The molecule has 4 saturated carbocycles. The second-order valence-corrected chi connectivity index (χ2v) is 17.7. The SMILES string of the molecule is CC1(C)CC[C@]2(C(=O)OCc3c(Cl)cccc3Cl)CC[C@]3(C)C(=CC[C@@H]4[C@@]5(C)CC[C@H](O)[C@@](C)(CO)[C@@H]5CC[C@]43C)[C@@H]2C1. The molecule has 9 atom stereocenters. The summed E-state index contributed by atoms with van der Waals surface area (Å²) in [6, 6.07) is 5.40.